The quantitative estimate of drug-likeness (QED) is 0.512. The van der Waals surface area contributed by atoms with Gasteiger partial charge in [0.1, 0.15) is 19.0 Å². The number of carbonyl (C=O) groups is 2. The molecule has 4 nitrogen and oxygen atoms in total. The Bertz CT molecular complexity index is 496. The highest BCUT2D eigenvalue weighted by atomic mass is 19.1. The van der Waals surface area contributed by atoms with Crippen LogP contribution in [0.1, 0.15) is 12.8 Å². The first-order valence-corrected chi connectivity index (χ1v) is 5.99. The molecule has 0 aliphatic carbocycles. The van der Waals surface area contributed by atoms with E-state index >= 15 is 0 Å². The summed E-state index contributed by atoms with van der Waals surface area (Å²) in [6, 6.07) is 4.34. The minimum absolute atomic E-state index is 0.259. The van der Waals surface area contributed by atoms with Crippen LogP contribution < -0.4 is 16.1 Å². The van der Waals surface area contributed by atoms with Gasteiger partial charge in [-0.2, -0.15) is 0 Å². The van der Waals surface area contributed by atoms with E-state index in [0.717, 1.165) is 0 Å². The van der Waals surface area contributed by atoms with Crippen LogP contribution in [0.5, 0.6) is 0 Å². The van der Waals surface area contributed by atoms with Crippen LogP contribution >= 0.6 is 0 Å². The first-order chi connectivity index (χ1) is 8.60. The van der Waals surface area contributed by atoms with Crippen molar-refractivity contribution in [1.29, 1.82) is 0 Å². The van der Waals surface area contributed by atoms with Crippen LogP contribution in [0.4, 0.5) is 10.1 Å². The number of piperidine rings is 1. The number of halogens is 1. The Morgan fingerprint density at radius 2 is 2.22 bits per heavy atom. The third-order valence-electron chi connectivity index (χ3n) is 3.01. The van der Waals surface area contributed by atoms with Crippen LogP contribution in [0.25, 0.3) is 0 Å². The van der Waals surface area contributed by atoms with Gasteiger partial charge in [-0.05, 0) is 18.6 Å². The van der Waals surface area contributed by atoms with Gasteiger partial charge in [0.05, 0.1) is 7.74 Å². The van der Waals surface area contributed by atoms with Gasteiger partial charge in [-0.15, -0.1) is 0 Å². The smallest absolute Gasteiger partial charge is 0.249 e. The number of imide groups is 1. The van der Waals surface area contributed by atoms with E-state index in [1.54, 1.807) is 12.1 Å². The van der Waals surface area contributed by atoms with Gasteiger partial charge < -0.3 is 5.32 Å². The molecule has 7 heteroatoms. The molecule has 0 bridgehead atoms. The summed E-state index contributed by atoms with van der Waals surface area (Å²) < 4.78 is 13.6. The van der Waals surface area contributed by atoms with E-state index in [-0.39, 0.29) is 17.6 Å². The Morgan fingerprint density at radius 1 is 1.44 bits per heavy atom. The van der Waals surface area contributed by atoms with Crippen molar-refractivity contribution in [2.45, 2.75) is 18.9 Å². The third-order valence-corrected chi connectivity index (χ3v) is 3.01. The lowest BCUT2D eigenvalue weighted by Crippen LogP contribution is -2.47. The van der Waals surface area contributed by atoms with E-state index in [1.807, 2.05) is 7.74 Å². The van der Waals surface area contributed by atoms with Crippen LogP contribution in [0, 0.1) is 5.82 Å². The minimum atomic E-state index is -0.477. The average Bonchev–Trinajstić information content (AvgIpc) is 2.33. The van der Waals surface area contributed by atoms with E-state index in [9.17, 15) is 14.0 Å². The third kappa shape index (κ3) is 2.72. The summed E-state index contributed by atoms with van der Waals surface area (Å²) in [4.78, 5) is 22.5. The zero-order chi connectivity index (χ0) is 13.1. The van der Waals surface area contributed by atoms with Crippen molar-refractivity contribution in [3.05, 3.63) is 24.0 Å². The maximum absolute atomic E-state index is 13.6. The second-order valence-corrected chi connectivity index (χ2v) is 4.31. The molecule has 1 aliphatic heterocycles. The Balaban J connectivity index is 2.07. The molecule has 1 heterocycles. The van der Waals surface area contributed by atoms with Gasteiger partial charge in [-0.1, -0.05) is 11.5 Å². The molecule has 0 aromatic heterocycles. The number of benzene rings is 1. The van der Waals surface area contributed by atoms with Crippen LogP contribution in [0.2, 0.25) is 0 Å². The number of amides is 2. The minimum Gasteiger partial charge on any atom is -0.374 e. The molecule has 0 saturated carbocycles. The SMILES string of the molecule is BBc1ccc(NC2CCC(=O)NC2=O)cc1F. The fourth-order valence-electron chi connectivity index (χ4n) is 1.96. The first kappa shape index (κ1) is 12.7. The number of rotatable bonds is 3. The Labute approximate surface area is 106 Å². The Hall–Kier alpha value is -1.78. The Kier molecular flexibility index (Phi) is 3.69. The molecular weight excluding hydrogens is 233 g/mol. The van der Waals surface area contributed by atoms with Crippen LogP contribution in [-0.2, 0) is 9.59 Å². The highest BCUT2D eigenvalue weighted by Gasteiger charge is 2.26. The van der Waals surface area contributed by atoms with Crippen molar-refractivity contribution in [2.75, 3.05) is 5.32 Å². The molecule has 1 fully saturated rings. The van der Waals surface area contributed by atoms with Crippen molar-refractivity contribution in [3.8, 4) is 0 Å². The second-order valence-electron chi connectivity index (χ2n) is 4.31. The zero-order valence-corrected chi connectivity index (χ0v) is 10.1. The van der Waals surface area contributed by atoms with E-state index in [0.29, 0.717) is 31.2 Å². The molecule has 2 rings (SSSR count). The van der Waals surface area contributed by atoms with Gasteiger partial charge in [0.2, 0.25) is 11.8 Å². The number of nitrogens with one attached hydrogen (secondary N) is 2. The number of hydrogen-bond acceptors (Lipinski definition) is 3. The molecule has 2 N–H and O–H groups in total. The predicted molar refractivity (Wildman–Crippen MR) is 71.5 cm³/mol. The summed E-state index contributed by atoms with van der Waals surface area (Å²) in [7, 11) is 2.51. The summed E-state index contributed by atoms with van der Waals surface area (Å²) in [5, 5.41) is 5.19. The van der Waals surface area contributed by atoms with Gasteiger partial charge >= 0.3 is 0 Å². The van der Waals surface area contributed by atoms with Crippen molar-refractivity contribution in [2.24, 2.45) is 0 Å². The molecule has 1 aliphatic rings. The van der Waals surface area contributed by atoms with Gasteiger partial charge in [0, 0.05) is 12.1 Å². The zero-order valence-electron chi connectivity index (χ0n) is 10.1. The molecule has 0 spiro atoms. The number of anilines is 1. The monoisotopic (exact) mass is 246 g/mol. The molecule has 92 valence electrons. The fraction of sp³-hybridized carbons (Fsp3) is 0.273. The fourth-order valence-corrected chi connectivity index (χ4v) is 1.96. The largest absolute Gasteiger partial charge is 0.374 e. The summed E-state index contributed by atoms with van der Waals surface area (Å²) in [5.41, 5.74) is 1.20. The van der Waals surface area contributed by atoms with E-state index in [2.05, 4.69) is 10.6 Å². The van der Waals surface area contributed by atoms with Crippen molar-refractivity contribution >= 4 is 37.9 Å². The molecule has 1 unspecified atom stereocenters. The Morgan fingerprint density at radius 3 is 2.83 bits per heavy atom. The van der Waals surface area contributed by atoms with Crippen molar-refractivity contribution < 1.29 is 14.0 Å². The van der Waals surface area contributed by atoms with E-state index in [4.69, 9.17) is 0 Å². The number of hydrogen-bond donors (Lipinski definition) is 2. The summed E-state index contributed by atoms with van der Waals surface area (Å²) in [6.07, 6.45) is 0.737. The van der Waals surface area contributed by atoms with Crippen LogP contribution in [-0.4, -0.2) is 32.8 Å². The topological polar surface area (TPSA) is 58.2 Å². The highest BCUT2D eigenvalue weighted by molar-refractivity contribution is 6.97. The molecule has 0 radical (unpaired) electrons. The maximum Gasteiger partial charge on any atom is 0.249 e. The highest BCUT2D eigenvalue weighted by Crippen LogP contribution is 2.14. The molecule has 1 atom stereocenters. The first-order valence-electron chi connectivity index (χ1n) is 5.99. The maximum atomic E-state index is 13.6. The summed E-state index contributed by atoms with van der Waals surface area (Å²) >= 11 is 0. The van der Waals surface area contributed by atoms with E-state index in [1.165, 1.54) is 6.07 Å². The molecule has 2 amide bonds. The van der Waals surface area contributed by atoms with Gasteiger partial charge in [0.25, 0.3) is 0 Å². The lowest BCUT2D eigenvalue weighted by Gasteiger charge is -2.22. The lowest BCUT2D eigenvalue weighted by atomic mass is 9.51. The molecular formula is C11H13B2FN2O2. The predicted octanol–water partition coefficient (Wildman–Crippen LogP) is -1.35. The molecule has 18 heavy (non-hydrogen) atoms. The summed E-state index contributed by atoms with van der Waals surface area (Å²) in [5.74, 6) is -0.897. The number of carbonyl (C=O) groups excluding carboxylic acids is 2. The van der Waals surface area contributed by atoms with Gasteiger partial charge in [0.15, 0.2) is 0 Å². The van der Waals surface area contributed by atoms with Gasteiger partial charge in [-0.3, -0.25) is 14.9 Å². The van der Waals surface area contributed by atoms with Crippen LogP contribution in [0.15, 0.2) is 18.2 Å². The summed E-state index contributed by atoms with van der Waals surface area (Å²) in [6.45, 7) is 0. The van der Waals surface area contributed by atoms with Crippen molar-refractivity contribution in [3.63, 3.8) is 0 Å². The standard InChI is InChI=1S/C11H13B2FN2O2/c12-13-7-2-1-6(5-8(7)14)15-9-3-4-10(17)16-11(9)18/h1-2,5,9,13,15H,3-4,12H2,(H,16,17,18). The molecule has 1 aromatic rings. The average molecular weight is 246 g/mol. The molecule has 1 saturated heterocycles. The normalized spacial score (nSPS) is 19.3. The molecule has 1 aromatic carbocycles. The second kappa shape index (κ2) is 5.25. The van der Waals surface area contributed by atoms with E-state index < -0.39 is 6.04 Å². The van der Waals surface area contributed by atoms with Crippen LogP contribution in [0.3, 0.4) is 0 Å². The van der Waals surface area contributed by atoms with Gasteiger partial charge in [-0.25, -0.2) is 4.39 Å². The van der Waals surface area contributed by atoms with Crippen molar-refractivity contribution in [1.82, 2.24) is 5.32 Å². The lowest BCUT2D eigenvalue weighted by molar-refractivity contribution is -0.133.